The first-order chi connectivity index (χ1) is 8.96. The number of aliphatic carboxylic acids is 1. The van der Waals surface area contributed by atoms with E-state index in [0.717, 1.165) is 18.7 Å². The molecule has 0 saturated heterocycles. The maximum absolute atomic E-state index is 10.8. The maximum Gasteiger partial charge on any atom is 0.303 e. The van der Waals surface area contributed by atoms with Crippen molar-refractivity contribution in [3.8, 4) is 0 Å². The minimum atomic E-state index is -0.794. The van der Waals surface area contributed by atoms with Gasteiger partial charge in [0.1, 0.15) is 0 Å². The van der Waals surface area contributed by atoms with Gasteiger partial charge in [-0.05, 0) is 18.3 Å². The average molecular weight is 266 g/mol. The van der Waals surface area contributed by atoms with Gasteiger partial charge in [-0.25, -0.2) is 0 Å². The molecule has 0 unspecified atom stereocenters. The smallest absolute Gasteiger partial charge is 0.303 e. The summed E-state index contributed by atoms with van der Waals surface area (Å²) in [6, 6.07) is 0. The highest BCUT2D eigenvalue weighted by molar-refractivity contribution is 5.67. The fraction of sp³-hybridized carbons (Fsp3) is 0.786. The number of aromatic nitrogens is 2. The third kappa shape index (κ3) is 4.04. The van der Waals surface area contributed by atoms with Crippen LogP contribution < -0.4 is 0 Å². The number of hydrogen-bond acceptors (Lipinski definition) is 4. The molecule has 1 heterocycles. The highest BCUT2D eigenvalue weighted by atomic mass is 16.4. The number of carbonyl (C=O) groups is 1. The largest absolute Gasteiger partial charge is 0.481 e. The van der Waals surface area contributed by atoms with Crippen molar-refractivity contribution >= 4 is 5.97 Å². The van der Waals surface area contributed by atoms with Gasteiger partial charge < -0.3 is 9.52 Å². The number of rotatable bonds is 5. The van der Waals surface area contributed by atoms with E-state index in [1.54, 1.807) is 0 Å². The predicted octanol–water partition coefficient (Wildman–Crippen LogP) is 3.16. The molecule has 1 aromatic heterocycles. The molecule has 1 fully saturated rings. The molecule has 0 bridgehead atoms. The van der Waals surface area contributed by atoms with Crippen LogP contribution in [0.1, 0.15) is 70.1 Å². The first-order valence-electron chi connectivity index (χ1n) is 7.00. The van der Waals surface area contributed by atoms with Gasteiger partial charge in [-0.2, -0.15) is 0 Å². The lowest BCUT2D eigenvalue weighted by molar-refractivity contribution is -0.139. The molecule has 5 nitrogen and oxygen atoms in total. The Kier molecular flexibility index (Phi) is 4.22. The van der Waals surface area contributed by atoms with Crippen molar-refractivity contribution in [2.24, 2.45) is 5.41 Å². The number of carboxylic acid groups (broad SMARTS) is 1. The van der Waals surface area contributed by atoms with Gasteiger partial charge in [0.25, 0.3) is 0 Å². The number of carboxylic acids is 1. The van der Waals surface area contributed by atoms with Crippen LogP contribution in [0.4, 0.5) is 0 Å². The molecule has 2 rings (SSSR count). The van der Waals surface area contributed by atoms with Crippen molar-refractivity contribution < 1.29 is 14.3 Å². The Balaban J connectivity index is 1.98. The first-order valence-corrected chi connectivity index (χ1v) is 7.00. The van der Waals surface area contributed by atoms with Gasteiger partial charge in [0.05, 0.1) is 6.42 Å². The van der Waals surface area contributed by atoms with Crippen LogP contribution in [0.15, 0.2) is 4.42 Å². The van der Waals surface area contributed by atoms with Crippen molar-refractivity contribution in [1.82, 2.24) is 10.2 Å². The van der Waals surface area contributed by atoms with Gasteiger partial charge in [-0.15, -0.1) is 10.2 Å². The zero-order valence-electron chi connectivity index (χ0n) is 11.7. The van der Waals surface area contributed by atoms with Crippen LogP contribution in [0.5, 0.6) is 0 Å². The Bertz CT molecular complexity index is 434. The third-order valence-electron chi connectivity index (χ3n) is 3.70. The van der Waals surface area contributed by atoms with E-state index in [-0.39, 0.29) is 11.8 Å². The second kappa shape index (κ2) is 5.72. The van der Waals surface area contributed by atoms with Crippen LogP contribution in [0.25, 0.3) is 0 Å². The van der Waals surface area contributed by atoms with Gasteiger partial charge in [-0.3, -0.25) is 4.79 Å². The Labute approximate surface area is 113 Å². The molecule has 106 valence electrons. The van der Waals surface area contributed by atoms with E-state index in [2.05, 4.69) is 10.2 Å². The molecule has 0 atom stereocenters. The quantitative estimate of drug-likeness (QED) is 0.885. The van der Waals surface area contributed by atoms with Crippen LogP contribution in [-0.4, -0.2) is 21.3 Å². The van der Waals surface area contributed by atoms with E-state index in [0.29, 0.717) is 18.2 Å². The second-order valence-electron chi connectivity index (χ2n) is 6.28. The minimum absolute atomic E-state index is 0.105. The Morgan fingerprint density at radius 3 is 2.63 bits per heavy atom. The Morgan fingerprint density at radius 2 is 2.00 bits per heavy atom. The van der Waals surface area contributed by atoms with Crippen molar-refractivity contribution in [1.29, 1.82) is 0 Å². The molecule has 5 heteroatoms. The van der Waals surface area contributed by atoms with Gasteiger partial charge in [0.2, 0.25) is 11.8 Å². The topological polar surface area (TPSA) is 76.2 Å². The van der Waals surface area contributed by atoms with Crippen LogP contribution in [0.2, 0.25) is 0 Å². The van der Waals surface area contributed by atoms with Crippen molar-refractivity contribution in [2.75, 3.05) is 0 Å². The summed E-state index contributed by atoms with van der Waals surface area (Å²) in [6.07, 6.45) is 6.62. The highest BCUT2D eigenvalue weighted by Gasteiger charge is 2.27. The third-order valence-corrected chi connectivity index (χ3v) is 3.70. The number of hydrogen-bond donors (Lipinski definition) is 1. The molecule has 0 radical (unpaired) electrons. The van der Waals surface area contributed by atoms with E-state index in [4.69, 9.17) is 9.52 Å². The van der Waals surface area contributed by atoms with Crippen LogP contribution in [-0.2, 0) is 11.2 Å². The first kappa shape index (κ1) is 14.0. The average Bonchev–Trinajstić information content (AvgIpc) is 2.76. The molecule has 1 aliphatic carbocycles. The lowest BCUT2D eigenvalue weighted by Gasteiger charge is -2.20. The second-order valence-corrected chi connectivity index (χ2v) is 6.28. The summed E-state index contributed by atoms with van der Waals surface area (Å²) in [5, 5.41) is 17.1. The monoisotopic (exact) mass is 266 g/mol. The zero-order valence-corrected chi connectivity index (χ0v) is 11.7. The standard InChI is InChI=1S/C14H22N2O3/c1-14(2,9-12(17)18)8-11-15-16-13(19-11)10-6-4-3-5-7-10/h10H,3-9H2,1-2H3,(H,17,18). The molecular formula is C14H22N2O3. The molecular weight excluding hydrogens is 244 g/mol. The van der Waals surface area contributed by atoms with Crippen LogP contribution in [0, 0.1) is 5.41 Å². The summed E-state index contributed by atoms with van der Waals surface area (Å²) in [7, 11) is 0. The lowest BCUT2D eigenvalue weighted by Crippen LogP contribution is -2.19. The molecule has 1 aliphatic rings. The Hall–Kier alpha value is -1.39. The molecule has 0 aromatic carbocycles. The molecule has 0 spiro atoms. The normalized spacial score (nSPS) is 17.6. The van der Waals surface area contributed by atoms with E-state index >= 15 is 0 Å². The van der Waals surface area contributed by atoms with Crippen molar-refractivity contribution in [3.05, 3.63) is 11.8 Å². The summed E-state index contributed by atoms with van der Waals surface area (Å²) >= 11 is 0. The molecule has 0 aliphatic heterocycles. The van der Waals surface area contributed by atoms with Gasteiger partial charge in [-0.1, -0.05) is 33.1 Å². The molecule has 1 aromatic rings. The lowest BCUT2D eigenvalue weighted by atomic mass is 9.86. The van der Waals surface area contributed by atoms with Crippen LogP contribution in [0.3, 0.4) is 0 Å². The van der Waals surface area contributed by atoms with Crippen molar-refractivity contribution in [3.63, 3.8) is 0 Å². The molecule has 0 amide bonds. The van der Waals surface area contributed by atoms with E-state index < -0.39 is 5.97 Å². The molecule has 1 N–H and O–H groups in total. The number of nitrogens with zero attached hydrogens (tertiary/aromatic N) is 2. The van der Waals surface area contributed by atoms with Gasteiger partial charge >= 0.3 is 5.97 Å². The SMILES string of the molecule is CC(C)(CC(=O)O)Cc1nnc(C2CCCCC2)o1. The Morgan fingerprint density at radius 1 is 1.32 bits per heavy atom. The van der Waals surface area contributed by atoms with E-state index in [1.165, 1.54) is 19.3 Å². The summed E-state index contributed by atoms with van der Waals surface area (Å²) in [6.45, 7) is 3.82. The predicted molar refractivity (Wildman–Crippen MR) is 69.9 cm³/mol. The van der Waals surface area contributed by atoms with Gasteiger partial charge in [0.15, 0.2) is 0 Å². The summed E-state index contributed by atoms with van der Waals surface area (Å²) in [5.74, 6) is 0.905. The molecule has 19 heavy (non-hydrogen) atoms. The molecule has 1 saturated carbocycles. The fourth-order valence-electron chi connectivity index (χ4n) is 2.73. The van der Waals surface area contributed by atoms with Crippen molar-refractivity contribution in [2.45, 2.75) is 64.7 Å². The fourth-order valence-corrected chi connectivity index (χ4v) is 2.73. The minimum Gasteiger partial charge on any atom is -0.481 e. The summed E-state index contributed by atoms with van der Waals surface area (Å²) in [5.41, 5.74) is -0.359. The summed E-state index contributed by atoms with van der Waals surface area (Å²) < 4.78 is 5.73. The highest BCUT2D eigenvalue weighted by Crippen LogP contribution is 2.33. The van der Waals surface area contributed by atoms with E-state index in [9.17, 15) is 4.79 Å². The summed E-state index contributed by atoms with van der Waals surface area (Å²) in [4.78, 5) is 10.8. The maximum atomic E-state index is 10.8. The van der Waals surface area contributed by atoms with Crippen LogP contribution >= 0.6 is 0 Å². The zero-order chi connectivity index (χ0) is 13.9. The van der Waals surface area contributed by atoms with Gasteiger partial charge in [0, 0.05) is 12.3 Å². The van der Waals surface area contributed by atoms with E-state index in [1.807, 2.05) is 13.8 Å².